The molecule has 1 fully saturated rings. The fourth-order valence-corrected chi connectivity index (χ4v) is 3.49. The molecular formula is C21H27N3O3. The van der Waals surface area contributed by atoms with E-state index in [-0.39, 0.29) is 11.8 Å². The predicted molar refractivity (Wildman–Crippen MR) is 104 cm³/mol. The SMILES string of the molecule is COc1ccccc1CCC(=O)N1CCCN(C(=O)c2ccn(C)c2)CC1. The lowest BCUT2D eigenvalue weighted by molar-refractivity contribution is -0.131. The van der Waals surface area contributed by atoms with E-state index in [0.29, 0.717) is 44.6 Å². The van der Waals surface area contributed by atoms with Gasteiger partial charge in [-0.05, 0) is 30.5 Å². The minimum absolute atomic E-state index is 0.0407. The first-order valence-corrected chi connectivity index (χ1v) is 9.39. The third kappa shape index (κ3) is 4.70. The first kappa shape index (κ1) is 19.0. The number of carbonyl (C=O) groups is 2. The average Bonchev–Trinajstić information content (AvgIpc) is 2.97. The summed E-state index contributed by atoms with van der Waals surface area (Å²) in [5.74, 6) is 0.995. The van der Waals surface area contributed by atoms with Crippen LogP contribution in [0, 0.1) is 0 Å². The monoisotopic (exact) mass is 369 g/mol. The van der Waals surface area contributed by atoms with Crippen molar-refractivity contribution in [3.05, 3.63) is 53.9 Å². The van der Waals surface area contributed by atoms with E-state index in [1.54, 1.807) is 7.11 Å². The number of carbonyl (C=O) groups excluding carboxylic acids is 2. The van der Waals surface area contributed by atoms with Gasteiger partial charge in [-0.3, -0.25) is 9.59 Å². The molecule has 0 aliphatic carbocycles. The zero-order valence-electron chi connectivity index (χ0n) is 16.1. The van der Waals surface area contributed by atoms with Crippen molar-refractivity contribution in [2.75, 3.05) is 33.3 Å². The number of amides is 2. The predicted octanol–water partition coefficient (Wildman–Crippen LogP) is 2.34. The molecule has 1 saturated heterocycles. The average molecular weight is 369 g/mol. The Morgan fingerprint density at radius 2 is 1.78 bits per heavy atom. The summed E-state index contributed by atoms with van der Waals surface area (Å²) >= 11 is 0. The molecule has 1 aromatic carbocycles. The highest BCUT2D eigenvalue weighted by molar-refractivity contribution is 5.94. The number of nitrogens with zero attached hydrogens (tertiary/aromatic N) is 3. The van der Waals surface area contributed by atoms with Crippen LogP contribution in [-0.2, 0) is 18.3 Å². The molecule has 2 aromatic rings. The second kappa shape index (κ2) is 8.75. The summed E-state index contributed by atoms with van der Waals surface area (Å²) in [4.78, 5) is 29.0. The number of benzene rings is 1. The molecule has 3 rings (SSSR count). The number of para-hydroxylation sites is 1. The number of hydrogen-bond donors (Lipinski definition) is 0. The lowest BCUT2D eigenvalue weighted by Crippen LogP contribution is -2.37. The largest absolute Gasteiger partial charge is 0.496 e. The smallest absolute Gasteiger partial charge is 0.255 e. The number of hydrogen-bond acceptors (Lipinski definition) is 3. The van der Waals surface area contributed by atoms with Gasteiger partial charge in [0.2, 0.25) is 5.91 Å². The Kier molecular flexibility index (Phi) is 6.16. The standard InChI is InChI=1S/C21H27N3O3/c1-22-13-10-18(16-22)21(26)24-12-5-11-23(14-15-24)20(25)9-8-17-6-3-4-7-19(17)27-2/h3-4,6-7,10,13,16H,5,8-9,11-12,14-15H2,1-2H3. The van der Waals surface area contributed by atoms with Crippen molar-refractivity contribution in [2.24, 2.45) is 7.05 Å². The molecule has 1 aliphatic rings. The van der Waals surface area contributed by atoms with Crippen LogP contribution >= 0.6 is 0 Å². The highest BCUT2D eigenvalue weighted by Crippen LogP contribution is 2.19. The maximum atomic E-state index is 12.7. The zero-order chi connectivity index (χ0) is 19.2. The van der Waals surface area contributed by atoms with Gasteiger partial charge in [0, 0.05) is 52.0 Å². The highest BCUT2D eigenvalue weighted by atomic mass is 16.5. The molecule has 2 amide bonds. The number of rotatable bonds is 5. The topological polar surface area (TPSA) is 54.8 Å². The van der Waals surface area contributed by atoms with Crippen LogP contribution < -0.4 is 4.74 Å². The lowest BCUT2D eigenvalue weighted by Gasteiger charge is -2.22. The molecule has 6 heteroatoms. The van der Waals surface area contributed by atoms with Crippen molar-refractivity contribution in [1.82, 2.24) is 14.4 Å². The van der Waals surface area contributed by atoms with Gasteiger partial charge >= 0.3 is 0 Å². The Morgan fingerprint density at radius 3 is 2.52 bits per heavy atom. The molecule has 0 unspecified atom stereocenters. The normalized spacial score (nSPS) is 14.7. The number of methoxy groups -OCH3 is 1. The van der Waals surface area contributed by atoms with Crippen LogP contribution in [0.25, 0.3) is 0 Å². The molecule has 0 spiro atoms. The van der Waals surface area contributed by atoms with Crippen molar-refractivity contribution in [3.63, 3.8) is 0 Å². The van der Waals surface area contributed by atoms with Crippen molar-refractivity contribution in [3.8, 4) is 5.75 Å². The van der Waals surface area contributed by atoms with Gasteiger partial charge in [-0.1, -0.05) is 18.2 Å². The number of aromatic nitrogens is 1. The second-order valence-electron chi connectivity index (χ2n) is 6.90. The summed E-state index contributed by atoms with van der Waals surface area (Å²) in [6.07, 6.45) is 5.63. The number of ether oxygens (including phenoxy) is 1. The van der Waals surface area contributed by atoms with Gasteiger partial charge in [-0.15, -0.1) is 0 Å². The molecule has 1 aliphatic heterocycles. The molecule has 0 N–H and O–H groups in total. The summed E-state index contributed by atoms with van der Waals surface area (Å²) in [5.41, 5.74) is 1.75. The summed E-state index contributed by atoms with van der Waals surface area (Å²) in [6, 6.07) is 9.63. The summed E-state index contributed by atoms with van der Waals surface area (Å²) < 4.78 is 7.23. The second-order valence-corrected chi connectivity index (χ2v) is 6.90. The van der Waals surface area contributed by atoms with Gasteiger partial charge in [0.1, 0.15) is 5.75 Å². The van der Waals surface area contributed by atoms with E-state index in [0.717, 1.165) is 17.7 Å². The van der Waals surface area contributed by atoms with Crippen LogP contribution in [0.15, 0.2) is 42.7 Å². The third-order valence-electron chi connectivity index (χ3n) is 5.02. The van der Waals surface area contributed by atoms with E-state index < -0.39 is 0 Å². The van der Waals surface area contributed by atoms with Crippen LogP contribution in [0.1, 0.15) is 28.8 Å². The van der Waals surface area contributed by atoms with Gasteiger partial charge in [0.05, 0.1) is 12.7 Å². The molecule has 1 aromatic heterocycles. The van der Waals surface area contributed by atoms with Crippen LogP contribution in [0.4, 0.5) is 0 Å². The fourth-order valence-electron chi connectivity index (χ4n) is 3.49. The first-order valence-electron chi connectivity index (χ1n) is 9.39. The van der Waals surface area contributed by atoms with Gasteiger partial charge in [0.25, 0.3) is 5.91 Å². The lowest BCUT2D eigenvalue weighted by atomic mass is 10.1. The Morgan fingerprint density at radius 1 is 1.04 bits per heavy atom. The van der Waals surface area contributed by atoms with Crippen molar-refractivity contribution in [2.45, 2.75) is 19.3 Å². The van der Waals surface area contributed by atoms with E-state index in [9.17, 15) is 9.59 Å². The van der Waals surface area contributed by atoms with E-state index in [2.05, 4.69) is 0 Å². The van der Waals surface area contributed by atoms with E-state index in [4.69, 9.17) is 4.74 Å². The summed E-state index contributed by atoms with van der Waals surface area (Å²) in [6.45, 7) is 2.55. The van der Waals surface area contributed by atoms with Crippen LogP contribution in [0.2, 0.25) is 0 Å². The molecule has 0 bridgehead atoms. The molecule has 2 heterocycles. The maximum Gasteiger partial charge on any atom is 0.255 e. The highest BCUT2D eigenvalue weighted by Gasteiger charge is 2.23. The van der Waals surface area contributed by atoms with Gasteiger partial charge in [0.15, 0.2) is 0 Å². The van der Waals surface area contributed by atoms with Crippen LogP contribution in [0.3, 0.4) is 0 Å². The molecule has 6 nitrogen and oxygen atoms in total. The molecule has 0 saturated carbocycles. The molecular weight excluding hydrogens is 342 g/mol. The maximum absolute atomic E-state index is 12.7. The van der Waals surface area contributed by atoms with Crippen molar-refractivity contribution >= 4 is 11.8 Å². The molecule has 0 radical (unpaired) electrons. The van der Waals surface area contributed by atoms with E-state index in [1.807, 2.05) is 64.1 Å². The minimum Gasteiger partial charge on any atom is -0.496 e. The zero-order valence-corrected chi connectivity index (χ0v) is 16.1. The summed E-state index contributed by atoms with van der Waals surface area (Å²) in [7, 11) is 3.55. The Labute approximate surface area is 160 Å². The van der Waals surface area contributed by atoms with Gasteiger partial charge in [-0.2, -0.15) is 0 Å². The molecule has 144 valence electrons. The van der Waals surface area contributed by atoms with Crippen LogP contribution in [0.5, 0.6) is 5.75 Å². The minimum atomic E-state index is 0.0407. The Balaban J connectivity index is 1.54. The van der Waals surface area contributed by atoms with Gasteiger partial charge in [-0.25, -0.2) is 0 Å². The van der Waals surface area contributed by atoms with Crippen LogP contribution in [-0.4, -0.2) is 59.5 Å². The van der Waals surface area contributed by atoms with Crippen molar-refractivity contribution < 1.29 is 14.3 Å². The third-order valence-corrected chi connectivity index (χ3v) is 5.02. The van der Waals surface area contributed by atoms with Crippen molar-refractivity contribution in [1.29, 1.82) is 0 Å². The fraction of sp³-hybridized carbons (Fsp3) is 0.429. The summed E-state index contributed by atoms with van der Waals surface area (Å²) in [5, 5.41) is 0. The van der Waals surface area contributed by atoms with Gasteiger partial charge < -0.3 is 19.1 Å². The quantitative estimate of drug-likeness (QED) is 0.813. The molecule has 27 heavy (non-hydrogen) atoms. The Hall–Kier alpha value is -2.76. The van der Waals surface area contributed by atoms with E-state index in [1.165, 1.54) is 0 Å². The first-order chi connectivity index (χ1) is 13.1. The molecule has 0 atom stereocenters. The Bertz CT molecular complexity index is 799. The number of aryl methyl sites for hydroxylation is 2. The van der Waals surface area contributed by atoms with E-state index >= 15 is 0 Å².